The number of sulfonamides is 1. The summed E-state index contributed by atoms with van der Waals surface area (Å²) < 4.78 is 32.8. The average molecular weight is 416 g/mol. The highest BCUT2D eigenvalue weighted by molar-refractivity contribution is 7.89. The number of hydrogen-bond acceptors (Lipinski definition) is 6. The van der Waals surface area contributed by atoms with E-state index in [1.165, 1.54) is 26.0 Å². The second-order valence-electron chi connectivity index (χ2n) is 6.82. The van der Waals surface area contributed by atoms with Crippen LogP contribution >= 0.6 is 0 Å². The van der Waals surface area contributed by atoms with Gasteiger partial charge in [-0.1, -0.05) is 12.1 Å². The number of hydrogen-bond donors (Lipinski definition) is 3. The number of nitrogens with zero attached hydrogens (tertiary/aromatic N) is 2. The Kier molecular flexibility index (Phi) is 5.66. The van der Waals surface area contributed by atoms with Crippen molar-refractivity contribution in [1.29, 1.82) is 0 Å². The molecule has 0 fully saturated rings. The Bertz CT molecular complexity index is 1090. The minimum atomic E-state index is -4.01. The minimum absolute atomic E-state index is 0.0411. The summed E-state index contributed by atoms with van der Waals surface area (Å²) in [5, 5.41) is 15.8. The first-order valence-electron chi connectivity index (χ1n) is 8.62. The predicted molar refractivity (Wildman–Crippen MR) is 105 cm³/mol. The molecule has 0 amide bonds. The SMILES string of the molecule is CC(C)(NS(=O)(=O)c1cccc(COc2ccc(-c3ccn[nH]3)nc2)c1)C(=O)O. The van der Waals surface area contributed by atoms with Crippen LogP contribution in [0, 0.1) is 0 Å². The maximum Gasteiger partial charge on any atom is 0.324 e. The van der Waals surface area contributed by atoms with Crippen LogP contribution in [-0.4, -0.2) is 40.2 Å². The molecule has 1 aromatic carbocycles. The standard InChI is InChI=1S/C19H20N4O5S/c1-19(2,18(24)25)23-29(26,27)15-5-3-4-13(10-15)12-28-14-6-7-16(20-11-14)17-8-9-21-22-17/h3-11,23H,12H2,1-2H3,(H,21,22)(H,24,25). The molecule has 2 aromatic heterocycles. The molecule has 0 atom stereocenters. The Morgan fingerprint density at radius 2 is 2.03 bits per heavy atom. The van der Waals surface area contributed by atoms with Gasteiger partial charge in [0.15, 0.2) is 0 Å². The normalized spacial score (nSPS) is 11.9. The topological polar surface area (TPSA) is 134 Å². The maximum atomic E-state index is 12.5. The van der Waals surface area contributed by atoms with E-state index in [0.29, 0.717) is 11.3 Å². The zero-order chi connectivity index (χ0) is 21.1. The molecule has 0 saturated carbocycles. The summed E-state index contributed by atoms with van der Waals surface area (Å²) in [6.45, 7) is 2.68. The van der Waals surface area contributed by atoms with Crippen molar-refractivity contribution in [1.82, 2.24) is 19.9 Å². The van der Waals surface area contributed by atoms with Crippen molar-refractivity contribution in [2.75, 3.05) is 0 Å². The fraction of sp³-hybridized carbons (Fsp3) is 0.211. The van der Waals surface area contributed by atoms with E-state index in [4.69, 9.17) is 9.84 Å². The molecule has 3 N–H and O–H groups in total. The second kappa shape index (κ2) is 8.02. The number of carboxylic acid groups (broad SMARTS) is 1. The first-order chi connectivity index (χ1) is 13.7. The van der Waals surface area contributed by atoms with Crippen LogP contribution in [0.25, 0.3) is 11.4 Å². The molecule has 152 valence electrons. The van der Waals surface area contributed by atoms with Crippen LogP contribution in [0.1, 0.15) is 19.4 Å². The van der Waals surface area contributed by atoms with Gasteiger partial charge in [0.25, 0.3) is 0 Å². The van der Waals surface area contributed by atoms with E-state index in [-0.39, 0.29) is 11.5 Å². The number of carboxylic acids is 1. The monoisotopic (exact) mass is 416 g/mol. The highest BCUT2D eigenvalue weighted by Crippen LogP contribution is 2.19. The number of aliphatic carboxylic acids is 1. The molecule has 10 heteroatoms. The third-order valence-corrected chi connectivity index (χ3v) is 5.71. The Hall–Kier alpha value is -3.24. The molecule has 0 saturated heterocycles. The van der Waals surface area contributed by atoms with Gasteiger partial charge in [0.2, 0.25) is 10.0 Å². The van der Waals surface area contributed by atoms with Crippen molar-refractivity contribution in [3.63, 3.8) is 0 Å². The summed E-state index contributed by atoms with van der Waals surface area (Å²) in [5.41, 5.74) is 0.480. The van der Waals surface area contributed by atoms with Gasteiger partial charge in [-0.3, -0.25) is 14.9 Å². The molecule has 0 bridgehead atoms. The average Bonchev–Trinajstić information content (AvgIpc) is 3.21. The Labute approximate surface area is 167 Å². The van der Waals surface area contributed by atoms with Crippen molar-refractivity contribution in [2.24, 2.45) is 0 Å². The third kappa shape index (κ3) is 4.98. The Balaban J connectivity index is 1.69. The highest BCUT2D eigenvalue weighted by Gasteiger charge is 2.33. The van der Waals surface area contributed by atoms with E-state index in [9.17, 15) is 13.2 Å². The number of ether oxygens (including phenoxy) is 1. The lowest BCUT2D eigenvalue weighted by molar-refractivity contribution is -0.142. The molecule has 0 spiro atoms. The van der Waals surface area contributed by atoms with Crippen molar-refractivity contribution in [3.8, 4) is 17.1 Å². The smallest absolute Gasteiger partial charge is 0.324 e. The lowest BCUT2D eigenvalue weighted by Crippen LogP contribution is -2.49. The van der Waals surface area contributed by atoms with Gasteiger partial charge in [0.1, 0.15) is 17.9 Å². The zero-order valence-electron chi connectivity index (χ0n) is 15.8. The predicted octanol–water partition coefficient (Wildman–Crippen LogP) is 2.19. The molecule has 2 heterocycles. The first kappa shape index (κ1) is 20.5. The van der Waals surface area contributed by atoms with Crippen LogP contribution in [0.2, 0.25) is 0 Å². The van der Waals surface area contributed by atoms with E-state index in [1.807, 2.05) is 0 Å². The fourth-order valence-electron chi connectivity index (χ4n) is 2.43. The zero-order valence-corrected chi connectivity index (χ0v) is 16.6. The molecular formula is C19H20N4O5S. The molecule has 0 radical (unpaired) electrons. The van der Waals surface area contributed by atoms with Crippen LogP contribution in [0.15, 0.2) is 59.8 Å². The molecule has 29 heavy (non-hydrogen) atoms. The number of carbonyl (C=O) groups is 1. The summed E-state index contributed by atoms with van der Waals surface area (Å²) >= 11 is 0. The lowest BCUT2D eigenvalue weighted by Gasteiger charge is -2.21. The summed E-state index contributed by atoms with van der Waals surface area (Å²) in [5.74, 6) is -0.752. The number of rotatable bonds is 8. The van der Waals surface area contributed by atoms with Gasteiger partial charge in [0.05, 0.1) is 22.5 Å². The van der Waals surface area contributed by atoms with E-state index in [2.05, 4.69) is 19.9 Å². The van der Waals surface area contributed by atoms with Crippen molar-refractivity contribution in [2.45, 2.75) is 30.9 Å². The Morgan fingerprint density at radius 3 is 2.66 bits per heavy atom. The number of nitrogens with one attached hydrogen (secondary N) is 2. The van der Waals surface area contributed by atoms with Crippen LogP contribution in [0.5, 0.6) is 5.75 Å². The highest BCUT2D eigenvalue weighted by atomic mass is 32.2. The van der Waals surface area contributed by atoms with Crippen LogP contribution in [0.3, 0.4) is 0 Å². The molecule has 0 aliphatic carbocycles. The molecule has 0 aliphatic heterocycles. The van der Waals surface area contributed by atoms with Gasteiger partial charge < -0.3 is 9.84 Å². The van der Waals surface area contributed by atoms with E-state index >= 15 is 0 Å². The van der Waals surface area contributed by atoms with Gasteiger partial charge in [-0.2, -0.15) is 9.82 Å². The van der Waals surface area contributed by atoms with E-state index < -0.39 is 21.5 Å². The Morgan fingerprint density at radius 1 is 1.24 bits per heavy atom. The number of pyridine rings is 1. The molecule has 0 unspecified atom stereocenters. The fourth-order valence-corrected chi connectivity index (χ4v) is 3.87. The van der Waals surface area contributed by atoms with Crippen LogP contribution < -0.4 is 9.46 Å². The van der Waals surface area contributed by atoms with Crippen molar-refractivity contribution in [3.05, 3.63) is 60.4 Å². The van der Waals surface area contributed by atoms with Crippen molar-refractivity contribution >= 4 is 16.0 Å². The number of benzene rings is 1. The second-order valence-corrected chi connectivity index (χ2v) is 8.50. The molecular weight excluding hydrogens is 396 g/mol. The van der Waals surface area contributed by atoms with Crippen LogP contribution in [-0.2, 0) is 21.4 Å². The number of aromatic amines is 1. The van der Waals surface area contributed by atoms with Gasteiger partial charge >= 0.3 is 5.97 Å². The summed E-state index contributed by atoms with van der Waals surface area (Å²) in [6, 6.07) is 11.4. The molecule has 9 nitrogen and oxygen atoms in total. The summed E-state index contributed by atoms with van der Waals surface area (Å²) in [6.07, 6.45) is 3.20. The number of aromatic nitrogens is 3. The summed E-state index contributed by atoms with van der Waals surface area (Å²) in [4.78, 5) is 15.4. The lowest BCUT2D eigenvalue weighted by atomic mass is 10.1. The molecule has 0 aliphatic rings. The van der Waals surface area contributed by atoms with Crippen molar-refractivity contribution < 1.29 is 23.1 Å². The number of H-pyrrole nitrogens is 1. The third-order valence-electron chi connectivity index (χ3n) is 4.05. The van der Waals surface area contributed by atoms with Gasteiger partial charge in [-0.25, -0.2) is 8.42 Å². The van der Waals surface area contributed by atoms with Gasteiger partial charge in [-0.05, 0) is 49.7 Å². The largest absolute Gasteiger partial charge is 0.487 e. The first-order valence-corrected chi connectivity index (χ1v) is 10.1. The van der Waals surface area contributed by atoms with E-state index in [1.54, 1.807) is 42.7 Å². The quantitative estimate of drug-likeness (QED) is 0.512. The molecule has 3 aromatic rings. The van der Waals surface area contributed by atoms with Gasteiger partial charge in [-0.15, -0.1) is 0 Å². The van der Waals surface area contributed by atoms with Crippen LogP contribution in [0.4, 0.5) is 0 Å². The van der Waals surface area contributed by atoms with E-state index in [0.717, 1.165) is 11.4 Å². The maximum absolute atomic E-state index is 12.5. The van der Waals surface area contributed by atoms with Gasteiger partial charge in [0, 0.05) is 6.20 Å². The summed E-state index contributed by atoms with van der Waals surface area (Å²) in [7, 11) is -4.01. The minimum Gasteiger partial charge on any atom is -0.487 e. The molecule has 3 rings (SSSR count).